The Morgan fingerprint density at radius 3 is 3.03 bits per heavy atom. The van der Waals surface area contributed by atoms with E-state index in [0.29, 0.717) is 28.5 Å². The van der Waals surface area contributed by atoms with Crippen molar-refractivity contribution in [1.29, 1.82) is 0 Å². The number of benzene rings is 1. The van der Waals surface area contributed by atoms with E-state index < -0.39 is 0 Å². The molecule has 1 aliphatic rings. The van der Waals surface area contributed by atoms with Gasteiger partial charge in [-0.25, -0.2) is 9.78 Å². The zero-order chi connectivity index (χ0) is 20.7. The Kier molecular flexibility index (Phi) is 4.63. The lowest BCUT2D eigenvalue weighted by molar-refractivity contribution is -0.123. The molecule has 1 aliphatic carbocycles. The SMILES string of the molecule is O=C(COc1cc2oc(=O)c3c(c2cc1Cl)CCC3)NCc1cnc2cnccn12. The smallest absolute Gasteiger partial charge is 0.339 e. The molecule has 0 fully saturated rings. The average Bonchev–Trinajstić information content (AvgIpc) is 3.39. The molecule has 0 atom stereocenters. The monoisotopic (exact) mass is 424 g/mol. The highest BCUT2D eigenvalue weighted by Crippen LogP contribution is 2.34. The summed E-state index contributed by atoms with van der Waals surface area (Å²) in [5, 5.41) is 3.98. The molecule has 3 heterocycles. The molecule has 0 unspecified atom stereocenters. The van der Waals surface area contributed by atoms with Crippen LogP contribution in [0, 0.1) is 0 Å². The van der Waals surface area contributed by atoms with E-state index in [2.05, 4.69) is 15.3 Å². The molecule has 1 aromatic carbocycles. The summed E-state index contributed by atoms with van der Waals surface area (Å²) >= 11 is 6.36. The molecule has 5 rings (SSSR count). The fraction of sp³-hybridized carbons (Fsp3) is 0.238. The Hall–Kier alpha value is -3.39. The van der Waals surface area contributed by atoms with Gasteiger partial charge in [-0.15, -0.1) is 0 Å². The maximum atomic E-state index is 12.2. The second kappa shape index (κ2) is 7.46. The van der Waals surface area contributed by atoms with E-state index in [1.54, 1.807) is 36.9 Å². The third kappa shape index (κ3) is 3.29. The van der Waals surface area contributed by atoms with Gasteiger partial charge in [0, 0.05) is 29.4 Å². The summed E-state index contributed by atoms with van der Waals surface area (Å²) in [7, 11) is 0. The fourth-order valence-electron chi connectivity index (χ4n) is 3.80. The van der Waals surface area contributed by atoms with Crippen molar-refractivity contribution in [3.05, 3.63) is 69.2 Å². The van der Waals surface area contributed by atoms with E-state index in [9.17, 15) is 9.59 Å². The van der Waals surface area contributed by atoms with Crippen LogP contribution in [0.1, 0.15) is 23.2 Å². The number of rotatable bonds is 5. The summed E-state index contributed by atoms with van der Waals surface area (Å²) < 4.78 is 12.9. The highest BCUT2D eigenvalue weighted by molar-refractivity contribution is 6.32. The van der Waals surface area contributed by atoms with Crippen LogP contribution in [0.4, 0.5) is 0 Å². The summed E-state index contributed by atoms with van der Waals surface area (Å²) in [6, 6.07) is 3.31. The van der Waals surface area contributed by atoms with Crippen molar-refractivity contribution in [2.45, 2.75) is 25.8 Å². The third-order valence-electron chi connectivity index (χ3n) is 5.25. The molecule has 0 spiro atoms. The van der Waals surface area contributed by atoms with Gasteiger partial charge in [-0.1, -0.05) is 11.6 Å². The van der Waals surface area contributed by atoms with Gasteiger partial charge in [0.05, 0.1) is 29.7 Å². The van der Waals surface area contributed by atoms with Gasteiger partial charge >= 0.3 is 5.63 Å². The van der Waals surface area contributed by atoms with Crippen LogP contribution in [-0.4, -0.2) is 26.9 Å². The molecule has 1 N–H and O–H groups in total. The summed E-state index contributed by atoms with van der Waals surface area (Å²) in [5.74, 6) is -0.0214. The quantitative estimate of drug-likeness (QED) is 0.494. The maximum absolute atomic E-state index is 12.2. The van der Waals surface area contributed by atoms with E-state index in [0.717, 1.165) is 41.5 Å². The van der Waals surface area contributed by atoms with Crippen molar-refractivity contribution in [1.82, 2.24) is 19.7 Å². The number of fused-ring (bicyclic) bond motifs is 4. The number of hydrogen-bond donors (Lipinski definition) is 1. The summed E-state index contributed by atoms with van der Waals surface area (Å²) in [6.07, 6.45) is 9.24. The molecule has 152 valence electrons. The summed E-state index contributed by atoms with van der Waals surface area (Å²) in [4.78, 5) is 32.6. The van der Waals surface area contributed by atoms with Gasteiger partial charge in [0.25, 0.3) is 5.91 Å². The first-order valence-corrected chi connectivity index (χ1v) is 9.91. The zero-order valence-electron chi connectivity index (χ0n) is 15.9. The zero-order valence-corrected chi connectivity index (χ0v) is 16.6. The molecule has 0 bridgehead atoms. The van der Waals surface area contributed by atoms with Crippen LogP contribution in [-0.2, 0) is 24.2 Å². The number of amides is 1. The number of carbonyl (C=O) groups is 1. The van der Waals surface area contributed by atoms with Crippen molar-refractivity contribution < 1.29 is 13.9 Å². The number of aromatic nitrogens is 3. The molecule has 0 saturated heterocycles. The number of halogens is 1. The van der Waals surface area contributed by atoms with E-state index in [1.165, 1.54) is 0 Å². The minimum atomic E-state index is -0.316. The van der Waals surface area contributed by atoms with Crippen molar-refractivity contribution in [3.63, 3.8) is 0 Å². The Balaban J connectivity index is 1.29. The van der Waals surface area contributed by atoms with Crippen molar-refractivity contribution >= 4 is 34.1 Å². The van der Waals surface area contributed by atoms with E-state index in [4.69, 9.17) is 20.8 Å². The highest BCUT2D eigenvalue weighted by Gasteiger charge is 2.21. The van der Waals surface area contributed by atoms with Gasteiger partial charge in [0.2, 0.25) is 0 Å². The molecule has 0 saturated carbocycles. The number of ether oxygens (including phenoxy) is 1. The molecule has 0 aliphatic heterocycles. The van der Waals surface area contributed by atoms with Gasteiger partial charge in [0.15, 0.2) is 12.3 Å². The number of hydrogen-bond acceptors (Lipinski definition) is 6. The minimum absolute atomic E-state index is 0.224. The number of nitrogens with zero attached hydrogens (tertiary/aromatic N) is 3. The van der Waals surface area contributed by atoms with Crippen molar-refractivity contribution in [3.8, 4) is 5.75 Å². The second-order valence-corrected chi connectivity index (χ2v) is 7.51. The van der Waals surface area contributed by atoms with Gasteiger partial charge in [-0.3, -0.25) is 14.2 Å². The standard InChI is InChI=1S/C21H17ClN4O4/c22-16-6-15-13-2-1-3-14(13)21(28)30-17(15)7-18(16)29-11-20(27)25-9-12-8-24-19-10-23-4-5-26(12)19/h4-8,10H,1-3,9,11H2,(H,25,27). The largest absolute Gasteiger partial charge is 0.482 e. The first kappa shape index (κ1) is 18.6. The molecular weight excluding hydrogens is 408 g/mol. The van der Waals surface area contributed by atoms with Crippen molar-refractivity contribution in [2.24, 2.45) is 0 Å². The van der Waals surface area contributed by atoms with Crippen LogP contribution in [0.25, 0.3) is 16.6 Å². The Morgan fingerprint density at radius 2 is 2.13 bits per heavy atom. The van der Waals surface area contributed by atoms with Crippen LogP contribution in [0.15, 0.2) is 46.1 Å². The van der Waals surface area contributed by atoms with E-state index in [1.807, 2.05) is 4.40 Å². The number of carbonyl (C=O) groups excluding carboxylic acids is 1. The number of imidazole rings is 1. The molecule has 4 aromatic rings. The lowest BCUT2D eigenvalue weighted by Gasteiger charge is -2.11. The lowest BCUT2D eigenvalue weighted by atomic mass is 10.1. The Labute approximate surface area is 175 Å². The fourth-order valence-corrected chi connectivity index (χ4v) is 4.02. The molecular formula is C21H17ClN4O4. The van der Waals surface area contributed by atoms with Gasteiger partial charge in [-0.05, 0) is 30.9 Å². The maximum Gasteiger partial charge on any atom is 0.339 e. The molecule has 0 radical (unpaired) electrons. The van der Waals surface area contributed by atoms with Crippen LogP contribution in [0.3, 0.4) is 0 Å². The number of nitrogens with one attached hydrogen (secondary N) is 1. The Morgan fingerprint density at radius 1 is 1.27 bits per heavy atom. The predicted molar refractivity (Wildman–Crippen MR) is 110 cm³/mol. The van der Waals surface area contributed by atoms with Gasteiger partial charge in [0.1, 0.15) is 11.3 Å². The lowest BCUT2D eigenvalue weighted by Crippen LogP contribution is -2.28. The average molecular weight is 425 g/mol. The topological polar surface area (TPSA) is 98.7 Å². The summed E-state index contributed by atoms with van der Waals surface area (Å²) in [6.45, 7) is 0.0680. The van der Waals surface area contributed by atoms with E-state index in [-0.39, 0.29) is 18.1 Å². The van der Waals surface area contributed by atoms with Gasteiger partial charge in [-0.2, -0.15) is 0 Å². The van der Waals surface area contributed by atoms with E-state index >= 15 is 0 Å². The highest BCUT2D eigenvalue weighted by atomic mass is 35.5. The third-order valence-corrected chi connectivity index (χ3v) is 5.54. The minimum Gasteiger partial charge on any atom is -0.482 e. The first-order chi connectivity index (χ1) is 14.6. The molecule has 1 amide bonds. The van der Waals surface area contributed by atoms with Gasteiger partial charge < -0.3 is 14.5 Å². The second-order valence-electron chi connectivity index (χ2n) is 7.10. The number of aryl methyl sites for hydroxylation is 1. The molecule has 9 heteroatoms. The van der Waals surface area contributed by atoms with Crippen LogP contribution in [0.2, 0.25) is 5.02 Å². The van der Waals surface area contributed by atoms with Crippen LogP contribution >= 0.6 is 11.6 Å². The van der Waals surface area contributed by atoms with Crippen molar-refractivity contribution in [2.75, 3.05) is 6.61 Å². The normalized spacial score (nSPS) is 13.0. The predicted octanol–water partition coefficient (Wildman–Crippen LogP) is 2.67. The molecule has 8 nitrogen and oxygen atoms in total. The first-order valence-electron chi connectivity index (χ1n) is 9.54. The molecule has 30 heavy (non-hydrogen) atoms. The Bertz CT molecular complexity index is 1340. The summed E-state index contributed by atoms with van der Waals surface area (Å²) in [5.41, 5.74) is 3.35. The molecule has 3 aromatic heterocycles. The van der Waals surface area contributed by atoms with Crippen LogP contribution < -0.4 is 15.7 Å². The van der Waals surface area contributed by atoms with Crippen LogP contribution in [0.5, 0.6) is 5.75 Å².